The Morgan fingerprint density at radius 3 is 2.00 bits per heavy atom. The molecule has 0 atom stereocenters. The molecule has 2 aromatic carbocycles. The summed E-state index contributed by atoms with van der Waals surface area (Å²) in [5.74, 6) is -1.63. The average Bonchev–Trinajstić information content (AvgIpc) is 2.80. The number of carbonyl (C=O) groups excluding carboxylic acids is 3. The molecule has 1 aliphatic carbocycles. The van der Waals surface area contributed by atoms with Crippen molar-refractivity contribution in [3.05, 3.63) is 71.3 Å². The van der Waals surface area contributed by atoms with Crippen LogP contribution >= 0.6 is 0 Å². The normalized spacial score (nSPS) is 22.1. The highest BCUT2D eigenvalue weighted by atomic mass is 16.7. The number of imide groups is 1. The molecule has 0 radical (unpaired) electrons. The van der Waals surface area contributed by atoms with E-state index in [1.165, 1.54) is 5.56 Å². The molecule has 1 aliphatic heterocycles. The smallest absolute Gasteiger partial charge is 0.329 e. The summed E-state index contributed by atoms with van der Waals surface area (Å²) >= 11 is 0. The number of amides is 2. The van der Waals surface area contributed by atoms with E-state index in [2.05, 4.69) is 0 Å². The van der Waals surface area contributed by atoms with E-state index in [1.54, 1.807) is 24.3 Å². The van der Waals surface area contributed by atoms with Crippen LogP contribution in [-0.4, -0.2) is 22.8 Å². The first-order chi connectivity index (χ1) is 11.6. The molecule has 1 saturated carbocycles. The maximum Gasteiger partial charge on any atom is 0.336 e. The van der Waals surface area contributed by atoms with Crippen LogP contribution in [0.5, 0.6) is 0 Å². The van der Waals surface area contributed by atoms with Crippen LogP contribution in [0.3, 0.4) is 0 Å². The number of hydrogen-bond donors (Lipinski definition) is 0. The third-order valence-corrected chi connectivity index (χ3v) is 4.68. The third kappa shape index (κ3) is 2.29. The topological polar surface area (TPSA) is 63.7 Å². The van der Waals surface area contributed by atoms with Crippen molar-refractivity contribution in [3.63, 3.8) is 0 Å². The largest absolute Gasteiger partial charge is 0.336 e. The van der Waals surface area contributed by atoms with Gasteiger partial charge in [0.1, 0.15) is 0 Å². The summed E-state index contributed by atoms with van der Waals surface area (Å²) in [5, 5.41) is 0.586. The second-order valence-electron chi connectivity index (χ2n) is 6.14. The van der Waals surface area contributed by atoms with Crippen LogP contribution in [0.25, 0.3) is 0 Å². The van der Waals surface area contributed by atoms with Crippen LogP contribution in [0.1, 0.15) is 45.0 Å². The monoisotopic (exact) mass is 321 g/mol. The van der Waals surface area contributed by atoms with Crippen molar-refractivity contribution in [3.8, 4) is 0 Å². The van der Waals surface area contributed by atoms with Gasteiger partial charge < -0.3 is 4.84 Å². The molecule has 2 aliphatic rings. The standard InChI is InChI=1S/C19H15NO4/c21-17-15-8-4-5-9-16(15)18(22)20(17)24-19(23)14-10-13(11-14)12-6-2-1-3-7-12/h1-9,13-14H,10-11H2. The summed E-state index contributed by atoms with van der Waals surface area (Å²) in [7, 11) is 0. The van der Waals surface area contributed by atoms with Gasteiger partial charge in [-0.3, -0.25) is 9.59 Å². The van der Waals surface area contributed by atoms with Gasteiger partial charge in [0.05, 0.1) is 17.0 Å². The van der Waals surface area contributed by atoms with Gasteiger partial charge in [-0.05, 0) is 36.5 Å². The van der Waals surface area contributed by atoms with E-state index in [-0.39, 0.29) is 17.0 Å². The maximum absolute atomic E-state index is 12.2. The fourth-order valence-electron chi connectivity index (χ4n) is 3.22. The second kappa shape index (κ2) is 5.60. The average molecular weight is 321 g/mol. The molecule has 2 aromatic rings. The Hall–Kier alpha value is -2.95. The summed E-state index contributed by atoms with van der Waals surface area (Å²) < 4.78 is 0. The minimum atomic E-state index is -0.581. The van der Waals surface area contributed by atoms with Gasteiger partial charge >= 0.3 is 5.97 Å². The van der Waals surface area contributed by atoms with Crippen molar-refractivity contribution in [1.29, 1.82) is 0 Å². The molecule has 5 heteroatoms. The molecule has 1 heterocycles. The molecule has 1 fully saturated rings. The highest BCUT2D eigenvalue weighted by molar-refractivity contribution is 6.20. The molecule has 4 rings (SSSR count). The van der Waals surface area contributed by atoms with E-state index in [0.29, 0.717) is 23.8 Å². The maximum atomic E-state index is 12.2. The summed E-state index contributed by atoms with van der Waals surface area (Å²) in [5.41, 5.74) is 1.74. The van der Waals surface area contributed by atoms with Crippen molar-refractivity contribution in [2.45, 2.75) is 18.8 Å². The Morgan fingerprint density at radius 2 is 1.42 bits per heavy atom. The molecule has 0 unspecified atom stereocenters. The van der Waals surface area contributed by atoms with Crippen molar-refractivity contribution in [2.75, 3.05) is 0 Å². The molecular formula is C19H15NO4. The van der Waals surface area contributed by atoms with Gasteiger partial charge in [0, 0.05) is 0 Å². The molecular weight excluding hydrogens is 306 g/mol. The van der Waals surface area contributed by atoms with Gasteiger partial charge in [0.2, 0.25) is 0 Å². The molecule has 120 valence electrons. The van der Waals surface area contributed by atoms with Crippen LogP contribution < -0.4 is 0 Å². The summed E-state index contributed by atoms with van der Waals surface area (Å²) in [6, 6.07) is 16.4. The zero-order chi connectivity index (χ0) is 16.7. The molecule has 0 spiro atoms. The number of rotatable bonds is 3. The Labute approximate surface area is 138 Å². The van der Waals surface area contributed by atoms with Crippen LogP contribution in [0.2, 0.25) is 0 Å². The number of hydroxylamine groups is 2. The van der Waals surface area contributed by atoms with Crippen molar-refractivity contribution in [2.24, 2.45) is 5.92 Å². The van der Waals surface area contributed by atoms with Gasteiger partial charge in [-0.15, -0.1) is 0 Å². The number of hydrogen-bond acceptors (Lipinski definition) is 4. The summed E-state index contributed by atoms with van der Waals surface area (Å²) in [4.78, 5) is 41.7. The highest BCUT2D eigenvalue weighted by Crippen LogP contribution is 2.42. The predicted octanol–water partition coefficient (Wildman–Crippen LogP) is 2.93. The first-order valence-electron chi connectivity index (χ1n) is 7.89. The van der Waals surface area contributed by atoms with Crippen LogP contribution in [-0.2, 0) is 9.63 Å². The van der Waals surface area contributed by atoms with Crippen molar-refractivity contribution in [1.82, 2.24) is 5.06 Å². The molecule has 0 saturated heterocycles. The minimum absolute atomic E-state index is 0.270. The lowest BCUT2D eigenvalue weighted by Crippen LogP contribution is -2.38. The molecule has 0 bridgehead atoms. The van der Waals surface area contributed by atoms with Crippen LogP contribution in [0.4, 0.5) is 0 Å². The fourth-order valence-corrected chi connectivity index (χ4v) is 3.22. The first kappa shape index (κ1) is 14.6. The Bertz CT molecular complexity index is 789. The van der Waals surface area contributed by atoms with Gasteiger partial charge in [-0.1, -0.05) is 47.5 Å². The van der Waals surface area contributed by atoms with E-state index >= 15 is 0 Å². The van der Waals surface area contributed by atoms with E-state index in [9.17, 15) is 14.4 Å². The lowest BCUT2D eigenvalue weighted by Gasteiger charge is -2.34. The molecule has 0 aromatic heterocycles. The van der Waals surface area contributed by atoms with Gasteiger partial charge in [-0.25, -0.2) is 4.79 Å². The number of nitrogens with zero attached hydrogens (tertiary/aromatic N) is 1. The zero-order valence-corrected chi connectivity index (χ0v) is 12.8. The van der Waals surface area contributed by atoms with Gasteiger partial charge in [-0.2, -0.15) is 0 Å². The quantitative estimate of drug-likeness (QED) is 0.815. The van der Waals surface area contributed by atoms with Crippen molar-refractivity contribution < 1.29 is 19.2 Å². The fraction of sp³-hybridized carbons (Fsp3) is 0.211. The number of carbonyl (C=O) groups is 3. The summed E-state index contributed by atoms with van der Waals surface area (Å²) in [6.45, 7) is 0. The van der Waals surface area contributed by atoms with Gasteiger partial charge in [0.25, 0.3) is 11.8 Å². The van der Waals surface area contributed by atoms with Crippen LogP contribution in [0, 0.1) is 5.92 Å². The third-order valence-electron chi connectivity index (χ3n) is 4.68. The number of fused-ring (bicyclic) bond motifs is 1. The minimum Gasteiger partial charge on any atom is -0.329 e. The Kier molecular flexibility index (Phi) is 3.41. The van der Waals surface area contributed by atoms with E-state index in [4.69, 9.17) is 4.84 Å². The first-order valence-corrected chi connectivity index (χ1v) is 7.89. The van der Waals surface area contributed by atoms with Crippen molar-refractivity contribution >= 4 is 17.8 Å². The van der Waals surface area contributed by atoms with E-state index < -0.39 is 17.8 Å². The molecule has 24 heavy (non-hydrogen) atoms. The predicted molar refractivity (Wildman–Crippen MR) is 84.9 cm³/mol. The van der Waals surface area contributed by atoms with Gasteiger partial charge in [0.15, 0.2) is 0 Å². The zero-order valence-electron chi connectivity index (χ0n) is 12.8. The van der Waals surface area contributed by atoms with E-state index in [0.717, 1.165) is 0 Å². The number of benzene rings is 2. The Morgan fingerprint density at radius 1 is 0.875 bits per heavy atom. The highest BCUT2D eigenvalue weighted by Gasteiger charge is 2.42. The molecule has 0 N–H and O–H groups in total. The lowest BCUT2D eigenvalue weighted by atomic mass is 9.71. The van der Waals surface area contributed by atoms with E-state index in [1.807, 2.05) is 30.3 Å². The Balaban J connectivity index is 1.40. The second-order valence-corrected chi connectivity index (χ2v) is 6.14. The molecule has 5 nitrogen and oxygen atoms in total. The van der Waals surface area contributed by atoms with Crippen LogP contribution in [0.15, 0.2) is 54.6 Å². The molecule has 2 amide bonds. The SMILES string of the molecule is O=C(ON1C(=O)c2ccccc2C1=O)C1CC(c2ccccc2)C1. The lowest BCUT2D eigenvalue weighted by molar-refractivity contribution is -0.177. The summed E-state index contributed by atoms with van der Waals surface area (Å²) in [6.07, 6.45) is 1.35.